The van der Waals surface area contributed by atoms with E-state index in [2.05, 4.69) is 44.8 Å². The van der Waals surface area contributed by atoms with Gasteiger partial charge < -0.3 is 15.6 Å². The van der Waals surface area contributed by atoms with Gasteiger partial charge in [0.15, 0.2) is 0 Å². The summed E-state index contributed by atoms with van der Waals surface area (Å²) >= 11 is 0. The molecule has 1 aliphatic heterocycles. The summed E-state index contributed by atoms with van der Waals surface area (Å²) in [5.41, 5.74) is 3.37. The Balaban J connectivity index is 1.48. The molecule has 1 fully saturated rings. The van der Waals surface area contributed by atoms with Gasteiger partial charge in [0.05, 0.1) is 11.6 Å². The maximum atomic E-state index is 12.7. The Labute approximate surface area is 159 Å². The zero-order chi connectivity index (χ0) is 18.8. The van der Waals surface area contributed by atoms with E-state index in [1.807, 2.05) is 6.92 Å². The molecule has 1 aliphatic carbocycles. The van der Waals surface area contributed by atoms with Crippen LogP contribution < -0.4 is 10.6 Å². The lowest BCUT2D eigenvalue weighted by Gasteiger charge is -2.29. The number of hydrogen-bond acceptors (Lipinski definition) is 3. The highest BCUT2D eigenvalue weighted by molar-refractivity contribution is 5.94. The van der Waals surface area contributed by atoms with Crippen LogP contribution in [-0.4, -0.2) is 52.9 Å². The number of aromatic amines is 1. The van der Waals surface area contributed by atoms with Crippen LogP contribution in [0.15, 0.2) is 42.7 Å². The molecule has 3 N–H and O–H groups in total. The molecule has 0 saturated carbocycles. The molecule has 1 aromatic carbocycles. The molecular formula is C21H26N4O2. The van der Waals surface area contributed by atoms with Crippen molar-refractivity contribution in [2.75, 3.05) is 13.1 Å². The van der Waals surface area contributed by atoms with Crippen LogP contribution in [0.2, 0.25) is 0 Å². The fourth-order valence-electron chi connectivity index (χ4n) is 4.42. The lowest BCUT2D eigenvalue weighted by atomic mass is 10.1. The molecule has 0 spiro atoms. The summed E-state index contributed by atoms with van der Waals surface area (Å²) in [5, 5.41) is 6.07. The maximum Gasteiger partial charge on any atom is 0.253 e. The molecule has 0 bridgehead atoms. The Bertz CT molecular complexity index is 792. The Morgan fingerprint density at radius 3 is 2.56 bits per heavy atom. The maximum absolute atomic E-state index is 12.7. The number of aromatic nitrogens is 1. The molecule has 4 rings (SSSR count). The standard InChI is InChI=1S/C21H26N4O2/c1-2-23-21(27)19-11-17(24-20(26)16-7-8-22-12-16)13-25(19)18-9-14-5-3-4-6-15(14)10-18/h3-8,12,17-19,22H,2,9-11,13H2,1H3,(H,23,27)(H,24,26)/t17-,19-/m0/s1. The summed E-state index contributed by atoms with van der Waals surface area (Å²) in [6.45, 7) is 3.26. The number of benzene rings is 1. The number of carbonyl (C=O) groups excluding carboxylic acids is 2. The number of fused-ring (bicyclic) bond motifs is 1. The van der Waals surface area contributed by atoms with Crippen molar-refractivity contribution in [2.45, 2.75) is 44.3 Å². The molecule has 6 heteroatoms. The minimum atomic E-state index is -0.194. The summed E-state index contributed by atoms with van der Waals surface area (Å²) in [4.78, 5) is 30.3. The summed E-state index contributed by atoms with van der Waals surface area (Å²) in [5.74, 6) is -0.0284. The topological polar surface area (TPSA) is 77.2 Å². The molecule has 0 radical (unpaired) electrons. The van der Waals surface area contributed by atoms with Gasteiger partial charge in [-0.2, -0.15) is 0 Å². The van der Waals surface area contributed by atoms with Crippen molar-refractivity contribution in [2.24, 2.45) is 0 Å². The van der Waals surface area contributed by atoms with E-state index < -0.39 is 0 Å². The first-order valence-corrected chi connectivity index (χ1v) is 9.69. The molecule has 2 aliphatic rings. The minimum Gasteiger partial charge on any atom is -0.367 e. The average Bonchev–Trinajstić information content (AvgIpc) is 3.40. The lowest BCUT2D eigenvalue weighted by molar-refractivity contribution is -0.126. The fraction of sp³-hybridized carbons (Fsp3) is 0.429. The summed E-state index contributed by atoms with van der Waals surface area (Å²) in [6.07, 6.45) is 6.00. The number of carbonyl (C=O) groups is 2. The van der Waals surface area contributed by atoms with Crippen molar-refractivity contribution < 1.29 is 9.59 Å². The van der Waals surface area contributed by atoms with Crippen LogP contribution >= 0.6 is 0 Å². The zero-order valence-corrected chi connectivity index (χ0v) is 15.6. The highest BCUT2D eigenvalue weighted by Crippen LogP contribution is 2.31. The first-order valence-electron chi connectivity index (χ1n) is 9.69. The van der Waals surface area contributed by atoms with E-state index in [1.54, 1.807) is 18.5 Å². The van der Waals surface area contributed by atoms with Gasteiger partial charge in [-0.1, -0.05) is 24.3 Å². The van der Waals surface area contributed by atoms with Crippen LogP contribution in [0.5, 0.6) is 0 Å². The van der Waals surface area contributed by atoms with Crippen LogP contribution in [0.3, 0.4) is 0 Å². The predicted molar refractivity (Wildman–Crippen MR) is 103 cm³/mol. The second-order valence-electron chi connectivity index (χ2n) is 7.44. The highest BCUT2D eigenvalue weighted by Gasteiger charge is 2.42. The molecule has 0 unspecified atom stereocenters. The number of H-pyrrole nitrogens is 1. The van der Waals surface area contributed by atoms with Gasteiger partial charge in [-0.25, -0.2) is 0 Å². The van der Waals surface area contributed by atoms with Crippen LogP contribution in [0, 0.1) is 0 Å². The van der Waals surface area contributed by atoms with E-state index in [-0.39, 0.29) is 23.9 Å². The molecule has 2 aromatic rings. The van der Waals surface area contributed by atoms with Crippen molar-refractivity contribution in [3.8, 4) is 0 Å². The number of rotatable bonds is 5. The third kappa shape index (κ3) is 3.62. The van der Waals surface area contributed by atoms with Gasteiger partial charge in [0, 0.05) is 37.6 Å². The number of nitrogens with one attached hydrogen (secondary N) is 3. The minimum absolute atomic E-state index is 0.0243. The highest BCUT2D eigenvalue weighted by atomic mass is 16.2. The number of nitrogens with zero attached hydrogens (tertiary/aromatic N) is 1. The first-order chi connectivity index (χ1) is 13.2. The van der Waals surface area contributed by atoms with E-state index in [0.717, 1.165) is 12.8 Å². The molecule has 2 amide bonds. The van der Waals surface area contributed by atoms with E-state index in [9.17, 15) is 9.59 Å². The van der Waals surface area contributed by atoms with E-state index in [0.29, 0.717) is 31.1 Å². The number of likely N-dealkylation sites (N-methyl/N-ethyl adjacent to an activating group) is 1. The van der Waals surface area contributed by atoms with Crippen LogP contribution in [0.4, 0.5) is 0 Å². The van der Waals surface area contributed by atoms with Gasteiger partial charge in [-0.15, -0.1) is 0 Å². The van der Waals surface area contributed by atoms with Crippen molar-refractivity contribution in [1.29, 1.82) is 0 Å². The molecule has 1 aromatic heterocycles. The molecular weight excluding hydrogens is 340 g/mol. The Kier molecular flexibility index (Phi) is 4.99. The number of hydrogen-bond donors (Lipinski definition) is 3. The van der Waals surface area contributed by atoms with Crippen LogP contribution in [0.25, 0.3) is 0 Å². The second kappa shape index (κ2) is 7.56. The van der Waals surface area contributed by atoms with Gasteiger partial charge in [-0.3, -0.25) is 14.5 Å². The van der Waals surface area contributed by atoms with Gasteiger partial charge >= 0.3 is 0 Å². The molecule has 2 heterocycles. The Morgan fingerprint density at radius 1 is 1.19 bits per heavy atom. The predicted octanol–water partition coefficient (Wildman–Crippen LogP) is 1.49. The van der Waals surface area contributed by atoms with Gasteiger partial charge in [0.2, 0.25) is 5.91 Å². The van der Waals surface area contributed by atoms with E-state index >= 15 is 0 Å². The third-order valence-electron chi connectivity index (χ3n) is 5.69. The quantitative estimate of drug-likeness (QED) is 0.750. The van der Waals surface area contributed by atoms with Crippen LogP contribution in [-0.2, 0) is 17.6 Å². The van der Waals surface area contributed by atoms with E-state index in [4.69, 9.17) is 0 Å². The van der Waals surface area contributed by atoms with Gasteiger partial charge in [-0.05, 0) is 43.4 Å². The smallest absolute Gasteiger partial charge is 0.253 e. The van der Waals surface area contributed by atoms with Gasteiger partial charge in [0.1, 0.15) is 0 Å². The molecule has 1 saturated heterocycles. The SMILES string of the molecule is CCNC(=O)[C@@H]1C[C@H](NC(=O)c2cc[nH]c2)CN1C1Cc2ccccc2C1. The lowest BCUT2D eigenvalue weighted by Crippen LogP contribution is -2.48. The fourth-order valence-corrected chi connectivity index (χ4v) is 4.42. The molecule has 6 nitrogen and oxygen atoms in total. The normalized spacial score (nSPS) is 22.6. The molecule has 2 atom stereocenters. The Hall–Kier alpha value is -2.60. The second-order valence-corrected chi connectivity index (χ2v) is 7.44. The molecule has 142 valence electrons. The van der Waals surface area contributed by atoms with Gasteiger partial charge in [0.25, 0.3) is 5.91 Å². The average molecular weight is 366 g/mol. The number of amides is 2. The zero-order valence-electron chi connectivity index (χ0n) is 15.6. The van der Waals surface area contributed by atoms with Crippen LogP contribution in [0.1, 0.15) is 34.8 Å². The van der Waals surface area contributed by atoms with Crippen molar-refractivity contribution in [3.05, 3.63) is 59.4 Å². The summed E-state index contributed by atoms with van der Waals surface area (Å²) < 4.78 is 0. The summed E-state index contributed by atoms with van der Waals surface area (Å²) in [7, 11) is 0. The monoisotopic (exact) mass is 366 g/mol. The largest absolute Gasteiger partial charge is 0.367 e. The number of likely N-dealkylation sites (tertiary alicyclic amines) is 1. The summed E-state index contributed by atoms with van der Waals surface area (Å²) in [6, 6.07) is 10.4. The Morgan fingerprint density at radius 2 is 1.93 bits per heavy atom. The van der Waals surface area contributed by atoms with Crippen molar-refractivity contribution in [3.63, 3.8) is 0 Å². The van der Waals surface area contributed by atoms with Crippen molar-refractivity contribution in [1.82, 2.24) is 20.5 Å². The first kappa shape index (κ1) is 17.8. The van der Waals surface area contributed by atoms with Crippen molar-refractivity contribution >= 4 is 11.8 Å². The van der Waals surface area contributed by atoms with E-state index in [1.165, 1.54) is 11.1 Å². The third-order valence-corrected chi connectivity index (χ3v) is 5.69. The molecule has 27 heavy (non-hydrogen) atoms.